The molecule has 4 nitrogen and oxygen atoms in total. The first-order valence-electron chi connectivity index (χ1n) is 7.57. The average molecular weight is 348 g/mol. The number of rotatable bonds is 1. The molecule has 24 heavy (non-hydrogen) atoms. The number of hydrogen-bond acceptors (Lipinski definition) is 3. The van der Waals surface area contributed by atoms with Gasteiger partial charge in [-0.1, -0.05) is 6.07 Å². The topological polar surface area (TPSA) is 32.8 Å². The molecule has 1 fully saturated rings. The Bertz CT molecular complexity index is 603. The Morgan fingerprint density at radius 3 is 2.17 bits per heavy atom. The lowest BCUT2D eigenvalue weighted by molar-refractivity contribution is -0.137. The van der Waals surface area contributed by atoms with Crippen molar-refractivity contribution in [1.29, 1.82) is 0 Å². The quantitative estimate of drug-likeness (QED) is 0.722. The lowest BCUT2D eigenvalue weighted by Crippen LogP contribution is -2.50. The van der Waals surface area contributed by atoms with Crippen LogP contribution in [0.2, 0.25) is 0 Å². The van der Waals surface area contributed by atoms with Crippen LogP contribution < -0.4 is 4.90 Å². The molecule has 1 aromatic carbocycles. The molecule has 0 aromatic heterocycles. The number of nitrogens with zero attached hydrogens (tertiary/aromatic N) is 2. The average Bonchev–Trinajstić information content (AvgIpc) is 2.44. The standard InChI is InChI=1S/C16H20F4N2O2/c1-15(2,3)24-14(23)22-9-7-21(8-10-22)13-11(16(18,19)20)5-4-6-12(13)17/h4-6H,7-10H2,1-3H3. The van der Waals surface area contributed by atoms with E-state index in [2.05, 4.69) is 0 Å². The van der Waals surface area contributed by atoms with Gasteiger partial charge in [0.15, 0.2) is 0 Å². The van der Waals surface area contributed by atoms with E-state index < -0.39 is 34.9 Å². The van der Waals surface area contributed by atoms with Gasteiger partial charge in [0.2, 0.25) is 0 Å². The van der Waals surface area contributed by atoms with Gasteiger partial charge in [-0.15, -0.1) is 0 Å². The molecule has 0 spiro atoms. The number of piperazine rings is 1. The molecule has 1 aliphatic heterocycles. The largest absolute Gasteiger partial charge is 0.444 e. The summed E-state index contributed by atoms with van der Waals surface area (Å²) in [5.74, 6) is -0.921. The van der Waals surface area contributed by atoms with Gasteiger partial charge < -0.3 is 14.5 Å². The van der Waals surface area contributed by atoms with E-state index in [1.165, 1.54) is 9.80 Å². The van der Waals surface area contributed by atoms with Crippen LogP contribution in [0, 0.1) is 5.82 Å². The molecule has 1 aliphatic rings. The molecule has 0 atom stereocenters. The highest BCUT2D eigenvalue weighted by Crippen LogP contribution is 2.38. The number of ether oxygens (including phenoxy) is 1. The number of amides is 1. The number of carbonyl (C=O) groups is 1. The molecule has 0 saturated carbocycles. The van der Waals surface area contributed by atoms with Gasteiger partial charge in [-0.25, -0.2) is 9.18 Å². The molecule has 2 rings (SSSR count). The van der Waals surface area contributed by atoms with Crippen LogP contribution in [0.4, 0.5) is 28.0 Å². The number of halogens is 4. The molecule has 1 amide bonds. The van der Waals surface area contributed by atoms with Gasteiger partial charge >= 0.3 is 12.3 Å². The van der Waals surface area contributed by atoms with Crippen LogP contribution in [0.5, 0.6) is 0 Å². The van der Waals surface area contributed by atoms with Gasteiger partial charge in [0.05, 0.1) is 11.3 Å². The number of alkyl halides is 3. The second-order valence-corrected chi connectivity index (χ2v) is 6.59. The van der Waals surface area contributed by atoms with Crippen molar-refractivity contribution in [2.24, 2.45) is 0 Å². The summed E-state index contributed by atoms with van der Waals surface area (Å²) in [5.41, 5.74) is -2.12. The maximum Gasteiger partial charge on any atom is 0.418 e. The van der Waals surface area contributed by atoms with Gasteiger partial charge in [0.1, 0.15) is 11.4 Å². The Balaban J connectivity index is 2.12. The summed E-state index contributed by atoms with van der Waals surface area (Å²) < 4.78 is 58.5. The van der Waals surface area contributed by atoms with Crippen LogP contribution in [-0.2, 0) is 10.9 Å². The molecule has 134 valence electrons. The second-order valence-electron chi connectivity index (χ2n) is 6.59. The summed E-state index contributed by atoms with van der Waals surface area (Å²) in [5, 5.41) is 0. The fourth-order valence-electron chi connectivity index (χ4n) is 2.50. The maximum absolute atomic E-state index is 14.0. The first kappa shape index (κ1) is 18.4. The molecule has 1 heterocycles. The van der Waals surface area contributed by atoms with Crippen LogP contribution >= 0.6 is 0 Å². The number of carbonyl (C=O) groups excluding carboxylic acids is 1. The van der Waals surface area contributed by atoms with E-state index in [9.17, 15) is 22.4 Å². The normalized spacial score (nSPS) is 16.3. The first-order chi connectivity index (χ1) is 11.0. The second kappa shape index (κ2) is 6.49. The first-order valence-corrected chi connectivity index (χ1v) is 7.57. The fourth-order valence-corrected chi connectivity index (χ4v) is 2.50. The summed E-state index contributed by atoms with van der Waals surface area (Å²) in [4.78, 5) is 14.7. The van der Waals surface area contributed by atoms with Crippen molar-refractivity contribution in [2.75, 3.05) is 31.1 Å². The molecule has 0 radical (unpaired) electrons. The lowest BCUT2D eigenvalue weighted by atomic mass is 10.1. The highest BCUT2D eigenvalue weighted by atomic mass is 19.4. The van der Waals surface area contributed by atoms with Crippen LogP contribution in [-0.4, -0.2) is 42.8 Å². The fraction of sp³-hybridized carbons (Fsp3) is 0.562. The van der Waals surface area contributed by atoms with Gasteiger partial charge in [-0.2, -0.15) is 13.2 Å². The van der Waals surface area contributed by atoms with Crippen molar-refractivity contribution in [3.05, 3.63) is 29.6 Å². The Morgan fingerprint density at radius 1 is 1.08 bits per heavy atom. The van der Waals surface area contributed by atoms with Crippen molar-refractivity contribution in [2.45, 2.75) is 32.5 Å². The zero-order chi connectivity index (χ0) is 18.1. The highest BCUT2D eigenvalue weighted by molar-refractivity contribution is 5.69. The highest BCUT2D eigenvalue weighted by Gasteiger charge is 2.37. The molecular weight excluding hydrogens is 328 g/mol. The maximum atomic E-state index is 14.0. The van der Waals surface area contributed by atoms with Crippen LogP contribution in [0.15, 0.2) is 18.2 Å². The summed E-state index contributed by atoms with van der Waals surface area (Å²) in [7, 11) is 0. The lowest BCUT2D eigenvalue weighted by Gasteiger charge is -2.37. The molecule has 0 unspecified atom stereocenters. The van der Waals surface area contributed by atoms with E-state index in [-0.39, 0.29) is 26.2 Å². The van der Waals surface area contributed by atoms with E-state index in [0.29, 0.717) is 0 Å². The van der Waals surface area contributed by atoms with Gasteiger partial charge in [0.25, 0.3) is 0 Å². The molecule has 1 saturated heterocycles. The minimum atomic E-state index is -4.64. The summed E-state index contributed by atoms with van der Waals surface area (Å²) in [6.45, 7) is 5.73. The van der Waals surface area contributed by atoms with E-state index in [4.69, 9.17) is 4.74 Å². The number of para-hydroxylation sites is 1. The summed E-state index contributed by atoms with van der Waals surface area (Å²) in [6.07, 6.45) is -5.16. The van der Waals surface area contributed by atoms with Gasteiger partial charge in [-0.05, 0) is 32.9 Å². The van der Waals surface area contributed by atoms with Crippen molar-refractivity contribution >= 4 is 11.8 Å². The van der Waals surface area contributed by atoms with Crippen molar-refractivity contribution in [1.82, 2.24) is 4.90 Å². The summed E-state index contributed by atoms with van der Waals surface area (Å²) in [6, 6.07) is 2.90. The molecule has 1 aromatic rings. The van der Waals surface area contributed by atoms with Gasteiger partial charge in [-0.3, -0.25) is 0 Å². The van der Waals surface area contributed by atoms with Crippen molar-refractivity contribution < 1.29 is 27.1 Å². The minimum Gasteiger partial charge on any atom is -0.444 e. The van der Waals surface area contributed by atoms with E-state index in [1.54, 1.807) is 20.8 Å². The smallest absolute Gasteiger partial charge is 0.418 e. The third-order valence-corrected chi connectivity index (χ3v) is 3.54. The molecule has 0 N–H and O–H groups in total. The zero-order valence-electron chi connectivity index (χ0n) is 13.8. The Kier molecular flexibility index (Phi) is 4.96. The van der Waals surface area contributed by atoms with Crippen LogP contribution in [0.1, 0.15) is 26.3 Å². The predicted octanol–water partition coefficient (Wildman–Crippen LogP) is 3.90. The van der Waals surface area contributed by atoms with Gasteiger partial charge in [0, 0.05) is 26.2 Å². The minimum absolute atomic E-state index is 0.100. The van der Waals surface area contributed by atoms with Crippen molar-refractivity contribution in [3.8, 4) is 0 Å². The van der Waals surface area contributed by atoms with E-state index in [1.807, 2.05) is 0 Å². The predicted molar refractivity (Wildman–Crippen MR) is 81.4 cm³/mol. The number of benzene rings is 1. The number of hydrogen-bond donors (Lipinski definition) is 0. The number of anilines is 1. The Hall–Kier alpha value is -1.99. The monoisotopic (exact) mass is 348 g/mol. The molecular formula is C16H20F4N2O2. The Labute approximate surface area is 138 Å². The SMILES string of the molecule is CC(C)(C)OC(=O)N1CCN(c2c(F)cccc2C(F)(F)F)CC1. The Morgan fingerprint density at radius 2 is 1.67 bits per heavy atom. The van der Waals surface area contributed by atoms with E-state index in [0.717, 1.165) is 18.2 Å². The summed E-state index contributed by atoms with van der Waals surface area (Å²) >= 11 is 0. The van der Waals surface area contributed by atoms with Crippen molar-refractivity contribution in [3.63, 3.8) is 0 Å². The molecule has 8 heteroatoms. The van der Waals surface area contributed by atoms with Crippen LogP contribution in [0.25, 0.3) is 0 Å². The third-order valence-electron chi connectivity index (χ3n) is 3.54. The molecule has 0 bridgehead atoms. The molecule has 0 aliphatic carbocycles. The van der Waals surface area contributed by atoms with E-state index >= 15 is 0 Å². The van der Waals surface area contributed by atoms with Crippen LogP contribution in [0.3, 0.4) is 0 Å². The third kappa shape index (κ3) is 4.30. The zero-order valence-corrected chi connectivity index (χ0v) is 13.8.